The molecule has 18 heavy (non-hydrogen) atoms. The van der Waals surface area contributed by atoms with Gasteiger partial charge in [-0.3, -0.25) is 9.36 Å². The highest BCUT2D eigenvalue weighted by molar-refractivity contribution is 5.91. The van der Waals surface area contributed by atoms with E-state index in [1.165, 1.54) is 30.2 Å². The first kappa shape index (κ1) is 11.7. The minimum Gasteiger partial charge on any atom is -0.476 e. The molecule has 92 valence electrons. The predicted molar refractivity (Wildman–Crippen MR) is 59.5 cm³/mol. The molecule has 0 aliphatic heterocycles. The molecule has 0 atom stereocenters. The first-order valence-electron chi connectivity index (χ1n) is 4.95. The molecule has 2 rings (SSSR count). The van der Waals surface area contributed by atoms with Crippen LogP contribution >= 0.6 is 0 Å². The summed E-state index contributed by atoms with van der Waals surface area (Å²) >= 11 is 0. The predicted octanol–water partition coefficient (Wildman–Crippen LogP) is -0.280. The Labute approximate surface area is 101 Å². The van der Waals surface area contributed by atoms with Gasteiger partial charge in [0, 0.05) is 13.2 Å². The van der Waals surface area contributed by atoms with E-state index in [0.717, 1.165) is 0 Å². The summed E-state index contributed by atoms with van der Waals surface area (Å²) in [6.07, 6.45) is 2.62. The summed E-state index contributed by atoms with van der Waals surface area (Å²) in [6, 6.07) is 3.03. The molecule has 8 nitrogen and oxygen atoms in total. The standard InChI is InChI=1S/C10H9N5O3/c1-11-9(16)6-2-3-8(14-13-6)15-4-7(10(17)18)12-5-15/h2-5H,1H3,(H,11,16)(H,17,18). The molecule has 2 aromatic rings. The second-order valence-electron chi connectivity index (χ2n) is 3.33. The third-order valence-corrected chi connectivity index (χ3v) is 2.18. The number of carbonyl (C=O) groups excluding carboxylic acids is 1. The number of nitrogens with one attached hydrogen (secondary N) is 1. The number of hydrogen-bond donors (Lipinski definition) is 2. The molecule has 0 radical (unpaired) electrons. The highest BCUT2D eigenvalue weighted by atomic mass is 16.4. The monoisotopic (exact) mass is 247 g/mol. The molecule has 0 bridgehead atoms. The molecular formula is C10H9N5O3. The highest BCUT2D eigenvalue weighted by Gasteiger charge is 2.10. The maximum absolute atomic E-state index is 11.2. The van der Waals surface area contributed by atoms with Crippen LogP contribution in [0.25, 0.3) is 5.82 Å². The van der Waals surface area contributed by atoms with Gasteiger partial charge in [0.2, 0.25) is 0 Å². The van der Waals surface area contributed by atoms with E-state index in [9.17, 15) is 9.59 Å². The lowest BCUT2D eigenvalue weighted by atomic mass is 10.3. The summed E-state index contributed by atoms with van der Waals surface area (Å²) in [5, 5.41) is 18.7. The zero-order chi connectivity index (χ0) is 13.1. The maximum Gasteiger partial charge on any atom is 0.356 e. The Balaban J connectivity index is 2.28. The van der Waals surface area contributed by atoms with E-state index < -0.39 is 5.97 Å². The summed E-state index contributed by atoms with van der Waals surface area (Å²) in [5.41, 5.74) is 0.0898. The Bertz CT molecular complexity index is 590. The largest absolute Gasteiger partial charge is 0.476 e. The molecule has 0 saturated heterocycles. The molecule has 0 aliphatic rings. The van der Waals surface area contributed by atoms with Crippen LogP contribution in [-0.2, 0) is 0 Å². The quantitative estimate of drug-likeness (QED) is 0.771. The molecule has 0 spiro atoms. The molecule has 0 aromatic carbocycles. The van der Waals surface area contributed by atoms with Gasteiger partial charge in [0.1, 0.15) is 6.33 Å². The van der Waals surface area contributed by atoms with Gasteiger partial charge in [0.15, 0.2) is 17.2 Å². The molecule has 0 fully saturated rings. The molecule has 2 heterocycles. The Morgan fingerprint density at radius 2 is 2.06 bits per heavy atom. The van der Waals surface area contributed by atoms with E-state index in [2.05, 4.69) is 20.5 Å². The van der Waals surface area contributed by atoms with Crippen LogP contribution < -0.4 is 5.32 Å². The van der Waals surface area contributed by atoms with E-state index >= 15 is 0 Å². The summed E-state index contributed by atoms with van der Waals surface area (Å²) < 4.78 is 1.41. The number of carbonyl (C=O) groups is 2. The number of rotatable bonds is 3. The Kier molecular flexibility index (Phi) is 3.00. The lowest BCUT2D eigenvalue weighted by molar-refractivity contribution is 0.0690. The van der Waals surface area contributed by atoms with Crippen molar-refractivity contribution in [3.05, 3.63) is 36.0 Å². The van der Waals surface area contributed by atoms with Crippen molar-refractivity contribution in [2.45, 2.75) is 0 Å². The Morgan fingerprint density at radius 3 is 2.56 bits per heavy atom. The fraction of sp³-hybridized carbons (Fsp3) is 0.100. The van der Waals surface area contributed by atoms with Gasteiger partial charge in [0.25, 0.3) is 5.91 Å². The lowest BCUT2D eigenvalue weighted by Gasteiger charge is -2.01. The van der Waals surface area contributed by atoms with Crippen LogP contribution in [0.15, 0.2) is 24.7 Å². The summed E-state index contributed by atoms with van der Waals surface area (Å²) in [5.74, 6) is -1.09. The zero-order valence-electron chi connectivity index (χ0n) is 9.36. The maximum atomic E-state index is 11.2. The van der Waals surface area contributed by atoms with E-state index in [1.807, 2.05) is 0 Å². The molecular weight excluding hydrogens is 238 g/mol. The average molecular weight is 247 g/mol. The Hall–Kier alpha value is -2.77. The van der Waals surface area contributed by atoms with Crippen LogP contribution in [0.5, 0.6) is 0 Å². The van der Waals surface area contributed by atoms with Gasteiger partial charge in [-0.25, -0.2) is 9.78 Å². The summed E-state index contributed by atoms with van der Waals surface area (Å²) in [4.78, 5) is 25.6. The molecule has 2 aromatic heterocycles. The minimum atomic E-state index is -1.12. The van der Waals surface area contributed by atoms with Crippen molar-refractivity contribution in [1.82, 2.24) is 25.1 Å². The minimum absolute atomic E-state index is 0.0906. The van der Waals surface area contributed by atoms with Gasteiger partial charge >= 0.3 is 5.97 Å². The van der Waals surface area contributed by atoms with Gasteiger partial charge in [-0.1, -0.05) is 0 Å². The third kappa shape index (κ3) is 2.17. The molecule has 0 saturated carbocycles. The lowest BCUT2D eigenvalue weighted by Crippen LogP contribution is -2.19. The highest BCUT2D eigenvalue weighted by Crippen LogP contribution is 2.05. The van der Waals surface area contributed by atoms with Crippen molar-refractivity contribution in [1.29, 1.82) is 0 Å². The van der Waals surface area contributed by atoms with Gasteiger partial charge < -0.3 is 10.4 Å². The van der Waals surface area contributed by atoms with Gasteiger partial charge in [-0.05, 0) is 12.1 Å². The van der Waals surface area contributed by atoms with Crippen LogP contribution in [0, 0.1) is 0 Å². The van der Waals surface area contributed by atoms with Gasteiger partial charge in [-0.15, -0.1) is 10.2 Å². The van der Waals surface area contributed by atoms with Crippen molar-refractivity contribution in [3.63, 3.8) is 0 Å². The van der Waals surface area contributed by atoms with Crippen LogP contribution in [0.4, 0.5) is 0 Å². The number of amides is 1. The molecule has 0 aliphatic carbocycles. The fourth-order valence-corrected chi connectivity index (χ4v) is 1.27. The third-order valence-electron chi connectivity index (χ3n) is 2.18. The SMILES string of the molecule is CNC(=O)c1ccc(-n2cnc(C(=O)O)c2)nn1. The number of hydrogen-bond acceptors (Lipinski definition) is 5. The van der Waals surface area contributed by atoms with Crippen LogP contribution in [0.1, 0.15) is 21.0 Å². The average Bonchev–Trinajstić information content (AvgIpc) is 2.88. The van der Waals surface area contributed by atoms with E-state index in [-0.39, 0.29) is 17.3 Å². The molecule has 0 unspecified atom stereocenters. The second kappa shape index (κ2) is 4.62. The molecule has 1 amide bonds. The second-order valence-corrected chi connectivity index (χ2v) is 3.33. The van der Waals surface area contributed by atoms with Crippen molar-refractivity contribution in [2.24, 2.45) is 0 Å². The normalized spacial score (nSPS) is 10.1. The summed E-state index contributed by atoms with van der Waals surface area (Å²) in [7, 11) is 1.49. The van der Waals surface area contributed by atoms with Gasteiger partial charge in [0.05, 0.1) is 0 Å². The first-order valence-corrected chi connectivity index (χ1v) is 4.95. The van der Waals surface area contributed by atoms with E-state index in [1.54, 1.807) is 6.07 Å². The molecule has 2 N–H and O–H groups in total. The molecule has 8 heteroatoms. The summed E-state index contributed by atoms with van der Waals surface area (Å²) in [6.45, 7) is 0. The topological polar surface area (TPSA) is 110 Å². The van der Waals surface area contributed by atoms with Crippen molar-refractivity contribution in [2.75, 3.05) is 7.05 Å². The van der Waals surface area contributed by atoms with Crippen LogP contribution in [-0.4, -0.2) is 43.8 Å². The number of nitrogens with zero attached hydrogens (tertiary/aromatic N) is 4. The zero-order valence-corrected chi connectivity index (χ0v) is 9.36. The van der Waals surface area contributed by atoms with Crippen molar-refractivity contribution >= 4 is 11.9 Å². The van der Waals surface area contributed by atoms with Crippen LogP contribution in [0.2, 0.25) is 0 Å². The number of aromatic carboxylic acids is 1. The van der Waals surface area contributed by atoms with E-state index in [0.29, 0.717) is 5.82 Å². The number of carboxylic acid groups (broad SMARTS) is 1. The smallest absolute Gasteiger partial charge is 0.356 e. The fourth-order valence-electron chi connectivity index (χ4n) is 1.27. The van der Waals surface area contributed by atoms with Crippen molar-refractivity contribution in [3.8, 4) is 5.82 Å². The van der Waals surface area contributed by atoms with Crippen LogP contribution in [0.3, 0.4) is 0 Å². The Morgan fingerprint density at radius 1 is 1.28 bits per heavy atom. The van der Waals surface area contributed by atoms with E-state index in [4.69, 9.17) is 5.11 Å². The van der Waals surface area contributed by atoms with Gasteiger partial charge in [-0.2, -0.15) is 0 Å². The first-order chi connectivity index (χ1) is 8.61. The van der Waals surface area contributed by atoms with Crippen molar-refractivity contribution < 1.29 is 14.7 Å². The number of carboxylic acids is 1. The number of aromatic nitrogens is 4. The number of imidazole rings is 1.